The van der Waals surface area contributed by atoms with Gasteiger partial charge in [-0.05, 0) is 66.4 Å². The lowest BCUT2D eigenvalue weighted by Crippen LogP contribution is -2.47. The van der Waals surface area contributed by atoms with Crippen LogP contribution in [-0.2, 0) is 16.0 Å². The van der Waals surface area contributed by atoms with Gasteiger partial charge in [0.1, 0.15) is 35.1 Å². The van der Waals surface area contributed by atoms with Gasteiger partial charge in [0.2, 0.25) is 5.91 Å². The van der Waals surface area contributed by atoms with E-state index in [1.807, 2.05) is 0 Å². The highest BCUT2D eigenvalue weighted by atomic mass is 35.5. The van der Waals surface area contributed by atoms with E-state index in [2.05, 4.69) is 20.3 Å². The van der Waals surface area contributed by atoms with Gasteiger partial charge >= 0.3 is 6.09 Å². The number of carbonyl (C=O) groups excluding carboxylic acids is 1. The van der Waals surface area contributed by atoms with E-state index in [0.29, 0.717) is 33.5 Å². The van der Waals surface area contributed by atoms with Crippen LogP contribution in [0.15, 0.2) is 73.1 Å². The first-order chi connectivity index (χ1) is 23.0. The number of morpholine rings is 1. The third-order valence-corrected chi connectivity index (χ3v) is 8.47. The van der Waals surface area contributed by atoms with Crippen molar-refractivity contribution in [3.05, 3.63) is 124 Å². The van der Waals surface area contributed by atoms with Crippen molar-refractivity contribution in [2.75, 3.05) is 18.5 Å². The van der Waals surface area contributed by atoms with Crippen LogP contribution >= 0.6 is 11.6 Å². The van der Waals surface area contributed by atoms with Gasteiger partial charge < -0.3 is 20.1 Å². The van der Waals surface area contributed by atoms with Crippen LogP contribution in [-0.4, -0.2) is 56.2 Å². The number of ether oxygens (including phenoxy) is 1. The number of nitrogens with zero attached hydrogens (tertiary/aromatic N) is 3. The molecule has 1 aliphatic rings. The normalized spacial score (nSPS) is 17.0. The number of hydrogen-bond acceptors (Lipinski definition) is 5. The summed E-state index contributed by atoms with van der Waals surface area (Å²) in [5, 5.41) is 13.1. The van der Waals surface area contributed by atoms with Crippen molar-refractivity contribution in [2.24, 2.45) is 0 Å². The van der Waals surface area contributed by atoms with Crippen LogP contribution in [0.1, 0.15) is 47.3 Å². The zero-order valence-corrected chi connectivity index (χ0v) is 25.9. The maximum absolute atomic E-state index is 15.1. The molecule has 3 atom stereocenters. The smallest absolute Gasteiger partial charge is 0.408 e. The molecule has 3 heterocycles. The Balaban J connectivity index is 1.15. The summed E-state index contributed by atoms with van der Waals surface area (Å²) in [6.45, 7) is -0.0197. The number of halogens is 5. The molecule has 1 fully saturated rings. The molecule has 9 nitrogen and oxygen atoms in total. The van der Waals surface area contributed by atoms with Gasteiger partial charge in [0.05, 0.1) is 48.4 Å². The van der Waals surface area contributed by atoms with Crippen LogP contribution in [0.4, 0.5) is 28.0 Å². The van der Waals surface area contributed by atoms with E-state index in [1.165, 1.54) is 35.4 Å². The van der Waals surface area contributed by atoms with Gasteiger partial charge in [-0.15, -0.1) is 0 Å². The van der Waals surface area contributed by atoms with E-state index in [0.717, 1.165) is 18.3 Å². The fraction of sp³-hybridized carbons (Fsp3) is 0.235. The minimum atomic E-state index is -1.18. The molecule has 48 heavy (non-hydrogen) atoms. The summed E-state index contributed by atoms with van der Waals surface area (Å²) in [4.78, 5) is 38.2. The van der Waals surface area contributed by atoms with E-state index in [1.54, 1.807) is 18.2 Å². The minimum Gasteiger partial charge on any atom is -0.465 e. The van der Waals surface area contributed by atoms with Crippen LogP contribution in [0.5, 0.6) is 0 Å². The second-order valence-corrected chi connectivity index (χ2v) is 11.9. The number of hydrogen-bond donors (Lipinski definition) is 3. The van der Waals surface area contributed by atoms with Crippen molar-refractivity contribution in [2.45, 2.75) is 37.3 Å². The third kappa shape index (κ3) is 7.42. The first kappa shape index (κ1) is 32.9. The van der Waals surface area contributed by atoms with Crippen LogP contribution < -0.4 is 5.32 Å². The van der Waals surface area contributed by atoms with Crippen molar-refractivity contribution in [1.29, 1.82) is 0 Å². The number of carbonyl (C=O) groups is 2. The highest BCUT2D eigenvalue weighted by Gasteiger charge is 2.35. The molecule has 0 saturated carbocycles. The van der Waals surface area contributed by atoms with Gasteiger partial charge in [-0.2, -0.15) is 0 Å². The number of nitrogens with one attached hydrogen (secondary N) is 2. The molecule has 3 N–H and O–H groups in total. The highest BCUT2D eigenvalue weighted by molar-refractivity contribution is 6.31. The Labute approximate surface area is 276 Å². The Morgan fingerprint density at radius 1 is 1.00 bits per heavy atom. The highest BCUT2D eigenvalue weighted by Crippen LogP contribution is 2.32. The number of amides is 2. The fourth-order valence-corrected chi connectivity index (χ4v) is 6.08. The zero-order chi connectivity index (χ0) is 33.9. The third-order valence-electron chi connectivity index (χ3n) is 8.23. The maximum Gasteiger partial charge on any atom is 0.408 e. The molecule has 1 saturated heterocycles. The first-order valence-corrected chi connectivity index (χ1v) is 15.3. The van der Waals surface area contributed by atoms with Crippen molar-refractivity contribution in [3.8, 4) is 0 Å². The van der Waals surface area contributed by atoms with E-state index < -0.39 is 53.3 Å². The standard InChI is InChI=1S/C34H28ClF4N5O4/c35-20-3-8-28-29(11-20)43-33(42-28)31-17-48-24(16-44(31)34(46)47)6-7-25-27(39)14-40-15-30(25)41-32(45)13-26(18-1-4-21(36)5-2-18)19-9-22(37)12-23(38)10-19/h1-5,8-12,14-15,24,26,31H,6-7,13,16-17H2,(H,41,45)(H,42,43)(H,46,47)/t24?,26-,31?/m0/s1. The average molecular weight is 682 g/mol. The number of fused-ring (bicyclic) bond motifs is 1. The summed E-state index contributed by atoms with van der Waals surface area (Å²) in [5.74, 6) is -3.95. The first-order valence-electron chi connectivity index (χ1n) is 14.9. The number of carboxylic acid groups (broad SMARTS) is 1. The summed E-state index contributed by atoms with van der Waals surface area (Å²) < 4.78 is 63.0. The molecule has 248 valence electrons. The van der Waals surface area contributed by atoms with Gasteiger partial charge in [0.25, 0.3) is 0 Å². The van der Waals surface area contributed by atoms with Crippen molar-refractivity contribution >= 4 is 40.3 Å². The lowest BCUT2D eigenvalue weighted by Gasteiger charge is -2.37. The minimum absolute atomic E-state index is 0.00160. The second-order valence-electron chi connectivity index (χ2n) is 11.4. The van der Waals surface area contributed by atoms with Gasteiger partial charge in [-0.3, -0.25) is 14.7 Å². The second kappa shape index (κ2) is 14.0. The molecular weight excluding hydrogens is 654 g/mol. The van der Waals surface area contributed by atoms with Crippen molar-refractivity contribution in [1.82, 2.24) is 19.9 Å². The summed E-state index contributed by atoms with van der Waals surface area (Å²) in [6, 6.07) is 12.5. The SMILES string of the molecule is O=C(C[C@@H](c1ccc(F)cc1)c1cc(F)cc(F)c1)Nc1cncc(F)c1CCC1CN(C(=O)O)C(c2nc3ccc(Cl)cc3[nH]2)CO1. The molecular formula is C34H28ClF4N5O4. The quantitative estimate of drug-likeness (QED) is 0.140. The van der Waals surface area contributed by atoms with Crippen LogP contribution in [0.3, 0.4) is 0 Å². The molecule has 0 spiro atoms. The Kier molecular flexibility index (Phi) is 9.60. The van der Waals surface area contributed by atoms with Crippen LogP contribution in [0.2, 0.25) is 5.02 Å². The van der Waals surface area contributed by atoms with Crippen LogP contribution in [0, 0.1) is 23.3 Å². The van der Waals surface area contributed by atoms with Crippen molar-refractivity contribution < 1.29 is 37.0 Å². The molecule has 1 aliphatic heterocycles. The summed E-state index contributed by atoms with van der Waals surface area (Å²) >= 11 is 6.07. The molecule has 0 radical (unpaired) electrons. The molecule has 2 aromatic heterocycles. The largest absolute Gasteiger partial charge is 0.465 e. The molecule has 5 aromatic rings. The van der Waals surface area contributed by atoms with E-state index in [9.17, 15) is 27.9 Å². The number of aromatic amines is 1. The Hall–Kier alpha value is -5.01. The van der Waals surface area contributed by atoms with Gasteiger partial charge in [-0.25, -0.2) is 27.3 Å². The molecule has 0 bridgehead atoms. The Morgan fingerprint density at radius 3 is 2.48 bits per heavy atom. The van der Waals surface area contributed by atoms with Crippen molar-refractivity contribution in [3.63, 3.8) is 0 Å². The zero-order valence-electron chi connectivity index (χ0n) is 25.1. The summed E-state index contributed by atoms with van der Waals surface area (Å²) in [5.41, 5.74) is 2.07. The lowest BCUT2D eigenvalue weighted by atomic mass is 9.88. The monoisotopic (exact) mass is 681 g/mol. The number of rotatable bonds is 9. The lowest BCUT2D eigenvalue weighted by molar-refractivity contribution is -0.116. The number of benzene rings is 3. The molecule has 2 amide bonds. The van der Waals surface area contributed by atoms with Gasteiger partial charge in [0, 0.05) is 29.0 Å². The van der Waals surface area contributed by atoms with E-state index in [4.69, 9.17) is 16.3 Å². The van der Waals surface area contributed by atoms with Crippen LogP contribution in [0.25, 0.3) is 11.0 Å². The maximum atomic E-state index is 15.1. The Morgan fingerprint density at radius 2 is 1.75 bits per heavy atom. The molecule has 3 aromatic carbocycles. The number of anilines is 1. The predicted molar refractivity (Wildman–Crippen MR) is 169 cm³/mol. The molecule has 14 heteroatoms. The van der Waals surface area contributed by atoms with E-state index in [-0.39, 0.29) is 49.2 Å². The summed E-state index contributed by atoms with van der Waals surface area (Å²) in [7, 11) is 0. The number of pyridine rings is 1. The summed E-state index contributed by atoms with van der Waals surface area (Å²) in [6.07, 6.45) is 0.460. The fourth-order valence-electron chi connectivity index (χ4n) is 5.90. The molecule has 0 aliphatic carbocycles. The number of aromatic nitrogens is 3. The van der Waals surface area contributed by atoms with Gasteiger partial charge in [0.15, 0.2) is 0 Å². The predicted octanol–water partition coefficient (Wildman–Crippen LogP) is 7.38. The number of H-pyrrole nitrogens is 1. The molecule has 6 rings (SSSR count). The number of imidazole rings is 1. The Bertz CT molecular complexity index is 1960. The van der Waals surface area contributed by atoms with E-state index >= 15 is 4.39 Å². The van der Waals surface area contributed by atoms with Gasteiger partial charge in [-0.1, -0.05) is 23.7 Å². The topological polar surface area (TPSA) is 120 Å². The molecule has 2 unspecified atom stereocenters. The average Bonchev–Trinajstić information content (AvgIpc) is 3.46.